The fraction of sp³-hybridized carbons (Fsp3) is 1.00. The zero-order valence-corrected chi connectivity index (χ0v) is 15.0. The van der Waals surface area contributed by atoms with Gasteiger partial charge in [0.25, 0.3) is 0 Å². The van der Waals surface area contributed by atoms with Crippen LogP contribution < -0.4 is 5.32 Å². The van der Waals surface area contributed by atoms with Gasteiger partial charge in [0.15, 0.2) is 0 Å². The van der Waals surface area contributed by atoms with E-state index in [2.05, 4.69) is 5.32 Å². The van der Waals surface area contributed by atoms with E-state index in [1.165, 1.54) is 0 Å². The van der Waals surface area contributed by atoms with Gasteiger partial charge in [0.05, 0.1) is 32.5 Å². The molecule has 1 radical (unpaired) electrons. The Morgan fingerprint density at radius 2 is 1.84 bits per heavy atom. The van der Waals surface area contributed by atoms with Crippen LogP contribution in [-0.2, 0) is 42.2 Å². The molecule has 0 spiro atoms. The number of hydrogen-bond donors (Lipinski definition) is 3. The van der Waals surface area contributed by atoms with E-state index < -0.39 is 0 Å². The van der Waals surface area contributed by atoms with Gasteiger partial charge in [-0.2, -0.15) is 17.5 Å². The normalized spacial score (nSPS) is 12.2. The summed E-state index contributed by atoms with van der Waals surface area (Å²) in [6, 6.07) is 0. The standard InChI is InChI=1S/C11H25NO4S2.Ir/c13-2-1-12-9-11(14)10-18-8-6-16-4-3-15-5-7-17;/h11-14,17H,1-10H2;/p-1. The van der Waals surface area contributed by atoms with E-state index in [-0.39, 0.29) is 32.8 Å². The molecule has 0 amide bonds. The zero-order chi connectivity index (χ0) is 13.5. The summed E-state index contributed by atoms with van der Waals surface area (Å²) in [6.45, 7) is 3.60. The third-order valence-corrected chi connectivity index (χ3v) is 3.19. The summed E-state index contributed by atoms with van der Waals surface area (Å²) >= 11 is 6.39. The molecule has 3 N–H and O–H groups in total. The van der Waals surface area contributed by atoms with E-state index in [1.54, 1.807) is 11.8 Å². The molecule has 0 fully saturated rings. The number of aliphatic hydroxyl groups is 2. The molecule has 0 aliphatic rings. The number of rotatable bonds is 14. The summed E-state index contributed by atoms with van der Waals surface area (Å²) in [6.07, 6.45) is -0.378. The SMILES string of the molecule is OCCNCC(O)CSCCOCCOCC[S-].[Ir]. The number of hydrogen-bond acceptors (Lipinski definition) is 7. The van der Waals surface area contributed by atoms with Crippen molar-refractivity contribution in [3.8, 4) is 0 Å². The third-order valence-electron chi connectivity index (χ3n) is 1.95. The maximum absolute atomic E-state index is 9.54. The van der Waals surface area contributed by atoms with Crippen molar-refractivity contribution in [2.24, 2.45) is 0 Å². The Kier molecular flexibility index (Phi) is 22.6. The van der Waals surface area contributed by atoms with E-state index in [4.69, 9.17) is 27.2 Å². The van der Waals surface area contributed by atoms with E-state index >= 15 is 0 Å². The first-order valence-corrected chi connectivity index (χ1v) is 7.85. The van der Waals surface area contributed by atoms with Gasteiger partial charge >= 0.3 is 0 Å². The summed E-state index contributed by atoms with van der Waals surface area (Å²) in [5.41, 5.74) is 0. The molecule has 5 nitrogen and oxygen atoms in total. The molecule has 0 rings (SSSR count). The van der Waals surface area contributed by atoms with Crippen LogP contribution in [-0.4, -0.2) is 79.7 Å². The maximum Gasteiger partial charge on any atom is 0.0754 e. The van der Waals surface area contributed by atoms with Gasteiger partial charge in [-0.05, 0) is 0 Å². The van der Waals surface area contributed by atoms with Crippen LogP contribution >= 0.6 is 11.8 Å². The predicted octanol–water partition coefficient (Wildman–Crippen LogP) is -0.760. The van der Waals surface area contributed by atoms with Crippen LogP contribution in [0.5, 0.6) is 0 Å². The van der Waals surface area contributed by atoms with Crippen LogP contribution in [0.2, 0.25) is 0 Å². The molecule has 0 bridgehead atoms. The minimum Gasteiger partial charge on any atom is -0.790 e. The molecule has 0 saturated carbocycles. The number of aliphatic hydroxyl groups excluding tert-OH is 2. The fourth-order valence-corrected chi connectivity index (χ4v) is 2.03. The Balaban J connectivity index is 0. The molecule has 0 saturated heterocycles. The van der Waals surface area contributed by atoms with Crippen LogP contribution in [0.25, 0.3) is 0 Å². The molecule has 19 heavy (non-hydrogen) atoms. The van der Waals surface area contributed by atoms with Crippen LogP contribution in [0.4, 0.5) is 0 Å². The monoisotopic (exact) mass is 491 g/mol. The molecule has 1 unspecified atom stereocenters. The van der Waals surface area contributed by atoms with E-state index in [9.17, 15) is 5.11 Å². The largest absolute Gasteiger partial charge is 0.790 e. The van der Waals surface area contributed by atoms with Gasteiger partial charge in [0.1, 0.15) is 0 Å². The Hall–Kier alpha value is 1.15. The first-order chi connectivity index (χ1) is 8.81. The van der Waals surface area contributed by atoms with Crippen LogP contribution in [0.15, 0.2) is 0 Å². The Bertz CT molecular complexity index is 172. The molecule has 0 aromatic rings. The molecule has 0 aromatic carbocycles. The van der Waals surface area contributed by atoms with E-state index in [0.717, 1.165) is 5.75 Å². The molecule has 0 aliphatic heterocycles. The summed E-state index contributed by atoms with van der Waals surface area (Å²) in [5.74, 6) is 2.16. The van der Waals surface area contributed by atoms with Gasteiger partial charge in [-0.25, -0.2) is 0 Å². The third kappa shape index (κ3) is 19.1. The first kappa shape index (κ1) is 22.4. The Morgan fingerprint density at radius 3 is 2.47 bits per heavy atom. The van der Waals surface area contributed by atoms with E-state index in [1.807, 2.05) is 0 Å². The molecular formula is C11H24IrNO4S2-. The van der Waals surface area contributed by atoms with Gasteiger partial charge < -0.3 is 37.6 Å². The average molecular weight is 491 g/mol. The summed E-state index contributed by atoms with van der Waals surface area (Å²) in [5, 5.41) is 21.0. The van der Waals surface area contributed by atoms with Gasteiger partial charge in [-0.15, -0.1) is 0 Å². The van der Waals surface area contributed by atoms with Crippen molar-refractivity contribution in [2.75, 3.05) is 63.4 Å². The number of thioether (sulfide) groups is 1. The second-order valence-electron chi connectivity index (χ2n) is 3.59. The van der Waals surface area contributed by atoms with Crippen molar-refractivity contribution in [3.63, 3.8) is 0 Å². The second kappa shape index (κ2) is 19.1. The van der Waals surface area contributed by atoms with Crippen LogP contribution in [0.3, 0.4) is 0 Å². The zero-order valence-electron chi connectivity index (χ0n) is 11.0. The number of ether oxygens (including phenoxy) is 2. The van der Waals surface area contributed by atoms with Crippen molar-refractivity contribution in [1.82, 2.24) is 5.32 Å². The van der Waals surface area contributed by atoms with Crippen molar-refractivity contribution in [1.29, 1.82) is 0 Å². The fourth-order valence-electron chi connectivity index (χ4n) is 1.12. The molecule has 0 heterocycles. The quantitative estimate of drug-likeness (QED) is 0.218. The summed E-state index contributed by atoms with van der Waals surface area (Å²) < 4.78 is 10.5. The van der Waals surface area contributed by atoms with E-state index in [0.29, 0.717) is 51.0 Å². The topological polar surface area (TPSA) is 71.0 Å². The predicted molar refractivity (Wildman–Crippen MR) is 77.2 cm³/mol. The molecule has 1 atom stereocenters. The van der Waals surface area contributed by atoms with Crippen LogP contribution in [0, 0.1) is 0 Å². The molecule has 0 aliphatic carbocycles. The molecule has 119 valence electrons. The van der Waals surface area contributed by atoms with Gasteiger partial charge in [0.2, 0.25) is 0 Å². The molecular weight excluding hydrogens is 466 g/mol. The number of nitrogens with one attached hydrogen (secondary N) is 1. The first-order valence-electron chi connectivity index (χ1n) is 6.12. The second-order valence-corrected chi connectivity index (χ2v) is 5.14. The van der Waals surface area contributed by atoms with Crippen molar-refractivity contribution in [2.45, 2.75) is 6.10 Å². The van der Waals surface area contributed by atoms with Crippen molar-refractivity contribution >= 4 is 24.4 Å². The van der Waals surface area contributed by atoms with Crippen molar-refractivity contribution < 1.29 is 39.8 Å². The minimum atomic E-state index is -0.378. The molecule has 8 heteroatoms. The molecule has 0 aromatic heterocycles. The summed E-state index contributed by atoms with van der Waals surface area (Å²) in [7, 11) is 0. The van der Waals surface area contributed by atoms with Crippen LogP contribution in [0.1, 0.15) is 0 Å². The Morgan fingerprint density at radius 1 is 1.16 bits per heavy atom. The van der Waals surface area contributed by atoms with Gasteiger partial charge in [-0.1, -0.05) is 0 Å². The minimum absolute atomic E-state index is 0. The van der Waals surface area contributed by atoms with Gasteiger partial charge in [-0.3, -0.25) is 0 Å². The van der Waals surface area contributed by atoms with Crippen molar-refractivity contribution in [3.05, 3.63) is 0 Å². The average Bonchev–Trinajstić information content (AvgIpc) is 2.37. The summed E-state index contributed by atoms with van der Waals surface area (Å²) in [4.78, 5) is 0. The smallest absolute Gasteiger partial charge is 0.0754 e. The maximum atomic E-state index is 9.54. The van der Waals surface area contributed by atoms with Gasteiger partial charge in [0, 0.05) is 51.3 Å². The Labute approximate surface area is 139 Å².